The molecule has 4 nitrogen and oxygen atoms in total. The molecule has 0 fully saturated rings. The molecular weight excluding hydrogens is 296 g/mol. The third-order valence-electron chi connectivity index (χ3n) is 1.87. The summed E-state index contributed by atoms with van der Waals surface area (Å²) in [6.07, 6.45) is 1.61. The first-order valence-electron chi connectivity index (χ1n) is 4.95. The summed E-state index contributed by atoms with van der Waals surface area (Å²) in [6, 6.07) is 0. The van der Waals surface area contributed by atoms with Gasteiger partial charge >= 0.3 is 5.97 Å². The van der Waals surface area contributed by atoms with E-state index < -0.39 is 9.84 Å². The second-order valence-corrected chi connectivity index (χ2v) is 7.20. The summed E-state index contributed by atoms with van der Waals surface area (Å²) in [5, 5.41) is 0. The van der Waals surface area contributed by atoms with E-state index in [1.54, 1.807) is 26.8 Å². The molecule has 0 aliphatic carbocycles. The molecule has 0 aromatic heterocycles. The van der Waals surface area contributed by atoms with Crippen LogP contribution in [-0.4, -0.2) is 37.3 Å². The molecule has 0 heterocycles. The molecule has 0 aromatic rings. The first kappa shape index (κ1) is 15.6. The van der Waals surface area contributed by atoms with Crippen LogP contribution >= 0.6 is 15.9 Å². The molecule has 0 N–H and O–H groups in total. The highest BCUT2D eigenvalue weighted by Crippen LogP contribution is 2.03. The Labute approximate surface area is 105 Å². The third-order valence-corrected chi connectivity index (χ3v) is 4.02. The van der Waals surface area contributed by atoms with Crippen molar-refractivity contribution in [2.45, 2.75) is 25.6 Å². The van der Waals surface area contributed by atoms with E-state index in [1.807, 2.05) is 0 Å². The highest BCUT2D eigenvalue weighted by molar-refractivity contribution is 9.10. The second kappa shape index (κ2) is 7.06. The van der Waals surface area contributed by atoms with E-state index in [1.165, 1.54) is 0 Å². The van der Waals surface area contributed by atoms with Gasteiger partial charge in [0.15, 0.2) is 9.84 Å². The summed E-state index contributed by atoms with van der Waals surface area (Å²) in [6.45, 7) is 5.09. The molecule has 0 spiro atoms. The smallest absolute Gasteiger partial charge is 0.319 e. The Bertz CT molecular complexity index is 357. The maximum Gasteiger partial charge on any atom is 0.319 e. The van der Waals surface area contributed by atoms with Gasteiger partial charge in [-0.25, -0.2) is 8.42 Å². The molecule has 0 radical (unpaired) electrons. The van der Waals surface area contributed by atoms with Gasteiger partial charge in [-0.05, 0) is 19.9 Å². The number of alkyl halides is 1. The predicted octanol–water partition coefficient (Wildman–Crippen LogP) is 1.69. The molecular formula is C10H17BrO4S. The molecule has 1 atom stereocenters. The summed E-state index contributed by atoms with van der Waals surface area (Å²) in [4.78, 5) is 10.7. The summed E-state index contributed by atoms with van der Waals surface area (Å²) in [5.41, 5.74) is 0.692. The molecule has 0 aromatic carbocycles. The number of ether oxygens (including phenoxy) is 1. The lowest BCUT2D eigenvalue weighted by Gasteiger charge is -2.05. The molecule has 0 rings (SSSR count). The minimum atomic E-state index is -3.00. The van der Waals surface area contributed by atoms with E-state index in [9.17, 15) is 13.2 Å². The molecule has 94 valence electrons. The molecule has 0 bridgehead atoms. The fraction of sp³-hybridized carbons (Fsp3) is 0.700. The molecule has 1 unspecified atom stereocenters. The minimum Gasteiger partial charge on any atom is -0.461 e. The lowest BCUT2D eigenvalue weighted by Crippen LogP contribution is -2.14. The first-order valence-corrected chi connectivity index (χ1v) is 7.69. The number of sulfone groups is 1. The van der Waals surface area contributed by atoms with Gasteiger partial charge in [0, 0.05) is 5.75 Å². The van der Waals surface area contributed by atoms with Crippen molar-refractivity contribution in [3.63, 3.8) is 0 Å². The predicted molar refractivity (Wildman–Crippen MR) is 67.4 cm³/mol. The normalized spacial score (nSPS) is 14.6. The Kier molecular flexibility index (Phi) is 6.90. The van der Waals surface area contributed by atoms with Crippen LogP contribution in [0.15, 0.2) is 11.6 Å². The van der Waals surface area contributed by atoms with E-state index in [0.29, 0.717) is 5.57 Å². The van der Waals surface area contributed by atoms with E-state index in [0.717, 1.165) is 0 Å². The highest BCUT2D eigenvalue weighted by Gasteiger charge is 2.10. The molecule has 0 aliphatic heterocycles. The van der Waals surface area contributed by atoms with Crippen LogP contribution in [0.5, 0.6) is 0 Å². The van der Waals surface area contributed by atoms with Gasteiger partial charge in [-0.3, -0.25) is 4.79 Å². The van der Waals surface area contributed by atoms with Crippen LogP contribution < -0.4 is 0 Å². The van der Waals surface area contributed by atoms with Gasteiger partial charge in [0.25, 0.3) is 0 Å². The fourth-order valence-corrected chi connectivity index (χ4v) is 2.04. The van der Waals surface area contributed by atoms with Crippen molar-refractivity contribution in [1.29, 1.82) is 0 Å². The van der Waals surface area contributed by atoms with Gasteiger partial charge in [-0.1, -0.05) is 28.4 Å². The number of esters is 1. The first-order chi connectivity index (χ1) is 7.28. The molecule has 0 saturated carbocycles. The maximum absolute atomic E-state index is 11.3. The SMILES string of the molecule is CCS(=O)(=O)C/C(C)=C/COC(=O)C(C)Br. The number of hydrogen-bond donors (Lipinski definition) is 0. The lowest BCUT2D eigenvalue weighted by atomic mass is 10.3. The van der Waals surface area contributed by atoms with E-state index in [2.05, 4.69) is 15.9 Å². The van der Waals surface area contributed by atoms with Crippen LogP contribution in [0.1, 0.15) is 20.8 Å². The van der Waals surface area contributed by atoms with Crippen LogP contribution in [0.2, 0.25) is 0 Å². The summed E-state index contributed by atoms with van der Waals surface area (Å²) in [5.74, 6) is -0.219. The topological polar surface area (TPSA) is 60.4 Å². The standard InChI is InChI=1S/C10H17BrO4S/c1-4-16(13,14)7-8(2)5-6-15-10(12)9(3)11/h5,9H,4,6-7H2,1-3H3/b8-5+. The van der Waals surface area contributed by atoms with Gasteiger partial charge in [0.2, 0.25) is 0 Å². The van der Waals surface area contributed by atoms with Crippen LogP contribution in [0.4, 0.5) is 0 Å². The number of carbonyl (C=O) groups is 1. The van der Waals surface area contributed by atoms with Crippen molar-refractivity contribution < 1.29 is 17.9 Å². The van der Waals surface area contributed by atoms with Crippen molar-refractivity contribution >= 4 is 31.7 Å². The monoisotopic (exact) mass is 312 g/mol. The van der Waals surface area contributed by atoms with E-state index in [-0.39, 0.29) is 28.9 Å². The Morgan fingerprint density at radius 1 is 1.50 bits per heavy atom. The quantitative estimate of drug-likeness (QED) is 0.425. The zero-order valence-electron chi connectivity index (χ0n) is 9.70. The minimum absolute atomic E-state index is 0.0188. The fourth-order valence-electron chi connectivity index (χ4n) is 0.889. The van der Waals surface area contributed by atoms with Crippen molar-refractivity contribution in [2.24, 2.45) is 0 Å². The Hall–Kier alpha value is -0.360. The van der Waals surface area contributed by atoms with Crippen molar-refractivity contribution in [2.75, 3.05) is 18.1 Å². The van der Waals surface area contributed by atoms with Crippen LogP contribution in [0.3, 0.4) is 0 Å². The van der Waals surface area contributed by atoms with Crippen molar-refractivity contribution in [1.82, 2.24) is 0 Å². The summed E-state index contributed by atoms with van der Waals surface area (Å²) >= 11 is 3.08. The van der Waals surface area contributed by atoms with E-state index >= 15 is 0 Å². The van der Waals surface area contributed by atoms with Gasteiger partial charge in [-0.15, -0.1) is 0 Å². The summed E-state index contributed by atoms with van der Waals surface area (Å²) < 4.78 is 27.4. The third kappa shape index (κ3) is 7.00. The average Bonchev–Trinajstić information content (AvgIpc) is 2.16. The summed E-state index contributed by atoms with van der Waals surface area (Å²) in [7, 11) is -3.00. The van der Waals surface area contributed by atoms with Crippen LogP contribution in [0.25, 0.3) is 0 Å². The van der Waals surface area contributed by atoms with Gasteiger partial charge in [0.1, 0.15) is 11.4 Å². The zero-order chi connectivity index (χ0) is 12.8. The molecule has 6 heteroatoms. The zero-order valence-corrected chi connectivity index (χ0v) is 12.1. The van der Waals surface area contributed by atoms with Gasteiger partial charge < -0.3 is 4.74 Å². The van der Waals surface area contributed by atoms with Crippen molar-refractivity contribution in [3.05, 3.63) is 11.6 Å². The largest absolute Gasteiger partial charge is 0.461 e. The highest BCUT2D eigenvalue weighted by atomic mass is 79.9. The number of halogens is 1. The number of rotatable bonds is 6. The molecule has 0 saturated heterocycles. The lowest BCUT2D eigenvalue weighted by molar-refractivity contribution is -0.141. The Morgan fingerprint density at radius 2 is 2.06 bits per heavy atom. The second-order valence-electron chi connectivity index (χ2n) is 3.47. The van der Waals surface area contributed by atoms with Gasteiger partial charge in [0.05, 0.1) is 5.75 Å². The average molecular weight is 313 g/mol. The van der Waals surface area contributed by atoms with Crippen molar-refractivity contribution in [3.8, 4) is 0 Å². The van der Waals surface area contributed by atoms with E-state index in [4.69, 9.17) is 4.74 Å². The number of hydrogen-bond acceptors (Lipinski definition) is 4. The Morgan fingerprint density at radius 3 is 2.50 bits per heavy atom. The Balaban J connectivity index is 4.12. The van der Waals surface area contributed by atoms with Crippen LogP contribution in [-0.2, 0) is 19.4 Å². The number of carbonyl (C=O) groups excluding carboxylic acids is 1. The molecule has 0 aliphatic rings. The maximum atomic E-state index is 11.3. The van der Waals surface area contributed by atoms with Crippen LogP contribution in [0, 0.1) is 0 Å². The molecule has 0 amide bonds. The van der Waals surface area contributed by atoms with Gasteiger partial charge in [-0.2, -0.15) is 0 Å². The molecule has 16 heavy (non-hydrogen) atoms.